The van der Waals surface area contributed by atoms with E-state index in [9.17, 15) is 22.0 Å². The van der Waals surface area contributed by atoms with Gasteiger partial charge in [-0.05, 0) is 12.1 Å². The number of hydrogen-bond donors (Lipinski definition) is 2. The van der Waals surface area contributed by atoms with E-state index in [4.69, 9.17) is 10.2 Å². The largest absolute Gasteiger partial charge is 0.508 e. The predicted octanol–water partition coefficient (Wildman–Crippen LogP) is 4.51. The van der Waals surface area contributed by atoms with Crippen LogP contribution in [0.25, 0.3) is 0 Å². The molecule has 0 aliphatic heterocycles. The van der Waals surface area contributed by atoms with Crippen molar-refractivity contribution in [1.29, 1.82) is 0 Å². The fourth-order valence-corrected chi connectivity index (χ4v) is 1.02. The smallest absolute Gasteiger partial charge is 0.206 e. The van der Waals surface area contributed by atoms with Gasteiger partial charge in [-0.2, -0.15) is 8.78 Å². The van der Waals surface area contributed by atoms with Crippen molar-refractivity contribution in [2.45, 2.75) is 13.8 Å². The van der Waals surface area contributed by atoms with Gasteiger partial charge in [0.2, 0.25) is 29.1 Å². The van der Waals surface area contributed by atoms with Gasteiger partial charge in [0.15, 0.2) is 5.75 Å². The summed E-state index contributed by atoms with van der Waals surface area (Å²) in [6.07, 6.45) is 0. The summed E-state index contributed by atoms with van der Waals surface area (Å²) in [6.45, 7) is 4.00. The van der Waals surface area contributed by atoms with Crippen LogP contribution in [0, 0.1) is 29.1 Å². The summed E-state index contributed by atoms with van der Waals surface area (Å²) in [5.74, 6) is -12.6. The molecule has 2 aromatic carbocycles. The maximum absolute atomic E-state index is 12.2. The molecule has 0 heterocycles. The van der Waals surface area contributed by atoms with Gasteiger partial charge >= 0.3 is 0 Å². The average Bonchev–Trinajstić information content (AvgIpc) is 2.52. The molecule has 116 valence electrons. The third-order valence-electron chi connectivity index (χ3n) is 1.94. The molecule has 2 N–H and O–H groups in total. The highest BCUT2D eigenvalue weighted by Crippen LogP contribution is 2.27. The molecule has 7 heteroatoms. The Hall–Kier alpha value is -2.31. The Labute approximate surface area is 118 Å². The van der Waals surface area contributed by atoms with Crippen LogP contribution in [0.4, 0.5) is 22.0 Å². The van der Waals surface area contributed by atoms with E-state index in [-0.39, 0.29) is 0 Å². The second-order valence-corrected chi connectivity index (χ2v) is 3.25. The standard InChI is InChI=1S/C6HF5O.C6H6O.C2H6/c7-1-2(8)4(10)6(12)5(11)3(1)9;7-6-4-2-1-3-5-6;1-2/h12H;1-5,7H;1-2H3. The highest BCUT2D eigenvalue weighted by molar-refractivity contribution is 5.28. The topological polar surface area (TPSA) is 40.5 Å². The molecule has 0 aliphatic rings. The van der Waals surface area contributed by atoms with Gasteiger partial charge in [0.25, 0.3) is 0 Å². The van der Waals surface area contributed by atoms with E-state index in [0.717, 1.165) is 0 Å². The van der Waals surface area contributed by atoms with Gasteiger partial charge in [-0.15, -0.1) is 0 Å². The summed E-state index contributed by atoms with van der Waals surface area (Å²) in [5.41, 5.74) is 0. The number of phenols is 2. The highest BCUT2D eigenvalue weighted by Gasteiger charge is 2.24. The Bertz CT molecular complexity index is 468. The normalized spacial score (nSPS) is 9.10. The fraction of sp³-hybridized carbons (Fsp3) is 0.143. The maximum atomic E-state index is 12.2. The van der Waals surface area contributed by atoms with Crippen molar-refractivity contribution in [2.75, 3.05) is 0 Å². The Morgan fingerprint density at radius 1 is 0.619 bits per heavy atom. The molecule has 0 saturated heterocycles. The van der Waals surface area contributed by atoms with Gasteiger partial charge in [0.05, 0.1) is 0 Å². The van der Waals surface area contributed by atoms with Gasteiger partial charge < -0.3 is 10.2 Å². The predicted molar refractivity (Wildman–Crippen MR) is 67.4 cm³/mol. The SMILES string of the molecule is CC.Oc1c(F)c(F)c(F)c(F)c1F.Oc1ccccc1. The Balaban J connectivity index is 0.000000377. The van der Waals surface area contributed by atoms with Gasteiger partial charge in [-0.3, -0.25) is 0 Å². The van der Waals surface area contributed by atoms with Crippen molar-refractivity contribution in [1.82, 2.24) is 0 Å². The number of aromatic hydroxyl groups is 2. The maximum Gasteiger partial charge on any atom is 0.206 e. The van der Waals surface area contributed by atoms with E-state index in [2.05, 4.69) is 0 Å². The first-order valence-corrected chi connectivity index (χ1v) is 5.80. The summed E-state index contributed by atoms with van der Waals surface area (Å²) in [5, 5.41) is 16.9. The van der Waals surface area contributed by atoms with Gasteiger partial charge in [0.1, 0.15) is 5.75 Å². The molecule has 0 amide bonds. The van der Waals surface area contributed by atoms with Crippen LogP contribution in [-0.4, -0.2) is 10.2 Å². The van der Waals surface area contributed by atoms with Crippen molar-refractivity contribution < 1.29 is 32.2 Å². The molecule has 0 aromatic heterocycles. The summed E-state index contributed by atoms with van der Waals surface area (Å²) < 4.78 is 60.6. The quantitative estimate of drug-likeness (QED) is 0.427. The third-order valence-corrected chi connectivity index (χ3v) is 1.94. The van der Waals surface area contributed by atoms with E-state index in [1.54, 1.807) is 24.3 Å². The lowest BCUT2D eigenvalue weighted by atomic mass is 10.3. The fourth-order valence-electron chi connectivity index (χ4n) is 1.02. The van der Waals surface area contributed by atoms with E-state index >= 15 is 0 Å². The number of benzene rings is 2. The Morgan fingerprint density at radius 2 is 0.952 bits per heavy atom. The minimum atomic E-state index is -2.29. The first-order valence-electron chi connectivity index (χ1n) is 5.80. The number of rotatable bonds is 0. The van der Waals surface area contributed by atoms with Crippen LogP contribution < -0.4 is 0 Å². The molecule has 0 atom stereocenters. The van der Waals surface area contributed by atoms with Crippen LogP contribution in [0.1, 0.15) is 13.8 Å². The van der Waals surface area contributed by atoms with Crippen LogP contribution in [0.2, 0.25) is 0 Å². The summed E-state index contributed by atoms with van der Waals surface area (Å²) >= 11 is 0. The molecule has 2 nitrogen and oxygen atoms in total. The summed E-state index contributed by atoms with van der Waals surface area (Å²) in [4.78, 5) is 0. The Kier molecular flexibility index (Phi) is 7.81. The van der Waals surface area contributed by atoms with Crippen LogP contribution in [-0.2, 0) is 0 Å². The third kappa shape index (κ3) is 4.94. The molecule has 0 spiro atoms. The van der Waals surface area contributed by atoms with Crippen molar-refractivity contribution in [3.63, 3.8) is 0 Å². The highest BCUT2D eigenvalue weighted by atomic mass is 19.2. The molecular weight excluding hydrogens is 295 g/mol. The molecule has 0 bridgehead atoms. The van der Waals surface area contributed by atoms with Crippen molar-refractivity contribution in [3.05, 3.63) is 59.4 Å². The van der Waals surface area contributed by atoms with E-state index in [1.807, 2.05) is 19.9 Å². The molecule has 0 fully saturated rings. The lowest BCUT2D eigenvalue weighted by molar-refractivity contribution is 0.325. The number of hydrogen-bond acceptors (Lipinski definition) is 2. The minimum Gasteiger partial charge on any atom is -0.508 e. The second kappa shape index (κ2) is 8.78. The van der Waals surface area contributed by atoms with Gasteiger partial charge in [-0.1, -0.05) is 32.0 Å². The molecule has 0 saturated carbocycles. The van der Waals surface area contributed by atoms with Gasteiger partial charge in [-0.25, -0.2) is 13.2 Å². The molecule has 0 unspecified atom stereocenters. The van der Waals surface area contributed by atoms with Crippen LogP contribution >= 0.6 is 0 Å². The van der Waals surface area contributed by atoms with Crippen LogP contribution in [0.15, 0.2) is 30.3 Å². The molecule has 0 radical (unpaired) electrons. The lowest BCUT2D eigenvalue weighted by Gasteiger charge is -2.00. The summed E-state index contributed by atoms with van der Waals surface area (Å²) in [7, 11) is 0. The lowest BCUT2D eigenvalue weighted by Crippen LogP contribution is -2.00. The summed E-state index contributed by atoms with van der Waals surface area (Å²) in [6, 6.07) is 8.71. The zero-order chi connectivity index (χ0) is 16.6. The molecular formula is C14H13F5O2. The number of halogens is 5. The average molecular weight is 308 g/mol. The zero-order valence-corrected chi connectivity index (χ0v) is 11.2. The monoisotopic (exact) mass is 308 g/mol. The van der Waals surface area contributed by atoms with E-state index in [0.29, 0.717) is 5.75 Å². The van der Waals surface area contributed by atoms with E-state index in [1.165, 1.54) is 0 Å². The number of para-hydroxylation sites is 1. The van der Waals surface area contributed by atoms with Crippen molar-refractivity contribution >= 4 is 0 Å². The van der Waals surface area contributed by atoms with E-state index < -0.39 is 34.8 Å². The van der Waals surface area contributed by atoms with Crippen LogP contribution in [0.3, 0.4) is 0 Å². The molecule has 2 rings (SSSR count). The minimum absolute atomic E-state index is 0.322. The first-order chi connectivity index (χ1) is 9.86. The van der Waals surface area contributed by atoms with Gasteiger partial charge in [0, 0.05) is 0 Å². The Morgan fingerprint density at radius 3 is 1.24 bits per heavy atom. The zero-order valence-electron chi connectivity index (χ0n) is 11.2. The molecule has 2 aromatic rings. The van der Waals surface area contributed by atoms with Crippen molar-refractivity contribution in [3.8, 4) is 11.5 Å². The van der Waals surface area contributed by atoms with Crippen molar-refractivity contribution in [2.24, 2.45) is 0 Å². The molecule has 21 heavy (non-hydrogen) atoms. The number of phenolic OH excluding ortho intramolecular Hbond substituents is 2. The first kappa shape index (κ1) is 18.7. The molecule has 0 aliphatic carbocycles. The van der Waals surface area contributed by atoms with Crippen LogP contribution in [0.5, 0.6) is 11.5 Å². The second-order valence-electron chi connectivity index (χ2n) is 3.25.